The van der Waals surface area contributed by atoms with Crippen molar-refractivity contribution in [3.05, 3.63) is 40.5 Å². The minimum atomic E-state index is -4.85. The summed E-state index contributed by atoms with van der Waals surface area (Å²) in [6, 6.07) is 6.05. The van der Waals surface area contributed by atoms with E-state index >= 15 is 0 Å². The SMILES string of the molecule is CCOC(=O)/C(=C/N)C(=Nc1ccccc1Br)C(F)(F)F. The number of carbonyl (C=O) groups excluding carboxylic acids is 1. The predicted octanol–water partition coefficient (Wildman–Crippen LogP) is 3.49. The molecule has 1 aromatic carbocycles. The monoisotopic (exact) mass is 364 g/mol. The number of benzene rings is 1. The smallest absolute Gasteiger partial charge is 0.434 e. The number of hydrogen-bond acceptors (Lipinski definition) is 4. The molecular weight excluding hydrogens is 353 g/mol. The van der Waals surface area contributed by atoms with Gasteiger partial charge in [0.25, 0.3) is 0 Å². The number of esters is 1. The minimum absolute atomic E-state index is 0.0217. The Bertz CT molecular complexity index is 583. The van der Waals surface area contributed by atoms with Gasteiger partial charge in [-0.05, 0) is 35.0 Å². The van der Waals surface area contributed by atoms with Gasteiger partial charge in [-0.1, -0.05) is 12.1 Å². The molecule has 8 heteroatoms. The fourth-order valence-corrected chi connectivity index (χ4v) is 1.77. The van der Waals surface area contributed by atoms with Gasteiger partial charge in [0.1, 0.15) is 5.57 Å². The van der Waals surface area contributed by atoms with Crippen LogP contribution in [0.25, 0.3) is 0 Å². The molecule has 21 heavy (non-hydrogen) atoms. The van der Waals surface area contributed by atoms with E-state index in [1.165, 1.54) is 25.1 Å². The molecular formula is C13H12BrF3N2O2. The van der Waals surface area contributed by atoms with Crippen LogP contribution >= 0.6 is 15.9 Å². The van der Waals surface area contributed by atoms with E-state index in [-0.39, 0.29) is 12.3 Å². The third-order valence-electron chi connectivity index (χ3n) is 2.27. The molecule has 4 nitrogen and oxygen atoms in total. The van der Waals surface area contributed by atoms with Gasteiger partial charge < -0.3 is 10.5 Å². The number of rotatable bonds is 4. The summed E-state index contributed by atoms with van der Waals surface area (Å²) in [5.74, 6) is -1.18. The third-order valence-corrected chi connectivity index (χ3v) is 2.94. The number of halogens is 4. The Kier molecular flexibility index (Phi) is 5.95. The van der Waals surface area contributed by atoms with Crippen molar-refractivity contribution < 1.29 is 22.7 Å². The molecule has 0 atom stereocenters. The van der Waals surface area contributed by atoms with Crippen LogP contribution in [0, 0.1) is 0 Å². The van der Waals surface area contributed by atoms with Gasteiger partial charge in [-0.3, -0.25) is 0 Å². The number of hydrogen-bond donors (Lipinski definition) is 1. The zero-order valence-corrected chi connectivity index (χ0v) is 12.5. The summed E-state index contributed by atoms with van der Waals surface area (Å²) in [4.78, 5) is 15.1. The lowest BCUT2D eigenvalue weighted by Gasteiger charge is -2.13. The van der Waals surface area contributed by atoms with Crippen LogP contribution in [0.2, 0.25) is 0 Å². The van der Waals surface area contributed by atoms with Crippen molar-refractivity contribution in [2.45, 2.75) is 13.1 Å². The Morgan fingerprint density at radius 3 is 2.52 bits per heavy atom. The van der Waals surface area contributed by atoms with E-state index in [2.05, 4.69) is 25.7 Å². The Morgan fingerprint density at radius 2 is 2.05 bits per heavy atom. The molecule has 0 unspecified atom stereocenters. The first-order valence-electron chi connectivity index (χ1n) is 5.81. The Balaban J connectivity index is 3.37. The van der Waals surface area contributed by atoms with Crippen LogP contribution in [-0.4, -0.2) is 24.5 Å². The van der Waals surface area contributed by atoms with E-state index in [9.17, 15) is 18.0 Å². The first kappa shape index (κ1) is 17.2. The molecule has 0 spiro atoms. The molecule has 2 N–H and O–H groups in total. The van der Waals surface area contributed by atoms with E-state index in [1.807, 2.05) is 0 Å². The number of nitrogens with zero attached hydrogens (tertiary/aromatic N) is 1. The Hall–Kier alpha value is -1.83. The molecule has 0 aliphatic carbocycles. The molecule has 0 heterocycles. The van der Waals surface area contributed by atoms with Gasteiger partial charge >= 0.3 is 12.1 Å². The normalized spacial score (nSPS) is 13.2. The lowest BCUT2D eigenvalue weighted by molar-refractivity contribution is -0.138. The molecule has 0 fully saturated rings. The zero-order chi connectivity index (χ0) is 16.0. The third kappa shape index (κ3) is 4.59. The van der Waals surface area contributed by atoms with Crippen molar-refractivity contribution in [2.24, 2.45) is 10.7 Å². The summed E-state index contributed by atoms with van der Waals surface area (Å²) in [5.41, 5.74) is 2.92. The quantitative estimate of drug-likeness (QED) is 0.505. The van der Waals surface area contributed by atoms with Gasteiger partial charge in [-0.25, -0.2) is 9.79 Å². The van der Waals surface area contributed by atoms with E-state index < -0.39 is 23.4 Å². The summed E-state index contributed by atoms with van der Waals surface area (Å²) in [5, 5.41) is 0. The molecule has 0 aliphatic heterocycles. The van der Waals surface area contributed by atoms with Crippen LogP contribution in [0.15, 0.2) is 45.5 Å². The van der Waals surface area contributed by atoms with Gasteiger partial charge in [0.15, 0.2) is 5.71 Å². The molecule has 0 aromatic heterocycles. The van der Waals surface area contributed by atoms with Crippen LogP contribution in [0.5, 0.6) is 0 Å². The second-order valence-corrected chi connectivity index (χ2v) is 4.56. The summed E-state index contributed by atoms with van der Waals surface area (Å²) in [6.07, 6.45) is -4.31. The Labute approximate surface area is 127 Å². The van der Waals surface area contributed by atoms with Crippen molar-refractivity contribution in [3.8, 4) is 0 Å². The molecule has 1 aromatic rings. The summed E-state index contributed by atoms with van der Waals surface area (Å²) in [7, 11) is 0. The maximum Gasteiger partial charge on any atom is 0.434 e. The van der Waals surface area contributed by atoms with Crippen molar-refractivity contribution in [1.82, 2.24) is 0 Å². The minimum Gasteiger partial charge on any atom is -0.462 e. The van der Waals surface area contributed by atoms with Crippen LogP contribution in [0.3, 0.4) is 0 Å². The highest BCUT2D eigenvalue weighted by atomic mass is 79.9. The predicted molar refractivity (Wildman–Crippen MR) is 76.2 cm³/mol. The van der Waals surface area contributed by atoms with Gasteiger partial charge in [0.05, 0.1) is 12.3 Å². The van der Waals surface area contributed by atoms with E-state index in [1.54, 1.807) is 6.07 Å². The largest absolute Gasteiger partial charge is 0.462 e. The van der Waals surface area contributed by atoms with Crippen molar-refractivity contribution in [2.75, 3.05) is 6.61 Å². The number of ether oxygens (including phenoxy) is 1. The second kappa shape index (κ2) is 7.26. The molecule has 0 saturated carbocycles. The summed E-state index contributed by atoms with van der Waals surface area (Å²) < 4.78 is 44.3. The maximum atomic E-state index is 13.1. The van der Waals surface area contributed by atoms with Crippen LogP contribution in [-0.2, 0) is 9.53 Å². The molecule has 114 valence electrons. The first-order valence-corrected chi connectivity index (χ1v) is 6.60. The fourth-order valence-electron chi connectivity index (χ4n) is 1.39. The van der Waals surface area contributed by atoms with Crippen LogP contribution in [0.1, 0.15) is 6.92 Å². The lowest BCUT2D eigenvalue weighted by Crippen LogP contribution is -2.30. The topological polar surface area (TPSA) is 64.7 Å². The number of aliphatic imine (C=N–C) groups is 1. The standard InChI is InChI=1S/C13H12BrF3N2O2/c1-2-21-12(20)8(7-18)11(13(15,16)17)19-10-6-4-3-5-9(10)14/h3-7H,2,18H2,1H3/b8-7+,19-11?. The van der Waals surface area contributed by atoms with Gasteiger partial charge in [0, 0.05) is 10.7 Å². The maximum absolute atomic E-state index is 13.1. The van der Waals surface area contributed by atoms with E-state index in [0.29, 0.717) is 10.7 Å². The molecule has 0 amide bonds. The van der Waals surface area contributed by atoms with Crippen molar-refractivity contribution in [1.29, 1.82) is 0 Å². The van der Waals surface area contributed by atoms with Gasteiger partial charge in [0.2, 0.25) is 0 Å². The molecule has 1 rings (SSSR count). The molecule has 0 aliphatic rings. The van der Waals surface area contributed by atoms with Gasteiger partial charge in [-0.15, -0.1) is 0 Å². The number of nitrogens with two attached hydrogens (primary N) is 1. The highest BCUT2D eigenvalue weighted by molar-refractivity contribution is 9.10. The lowest BCUT2D eigenvalue weighted by atomic mass is 10.1. The van der Waals surface area contributed by atoms with Crippen LogP contribution in [0.4, 0.5) is 18.9 Å². The van der Waals surface area contributed by atoms with E-state index in [4.69, 9.17) is 5.73 Å². The number of carbonyl (C=O) groups is 1. The summed E-state index contributed by atoms with van der Waals surface area (Å²) >= 11 is 3.09. The highest BCUT2D eigenvalue weighted by Crippen LogP contribution is 2.30. The zero-order valence-electron chi connectivity index (χ0n) is 10.9. The molecule has 0 saturated heterocycles. The Morgan fingerprint density at radius 1 is 1.43 bits per heavy atom. The number of para-hydroxylation sites is 1. The summed E-state index contributed by atoms with van der Waals surface area (Å²) in [6.45, 7) is 1.40. The average molecular weight is 365 g/mol. The molecule has 0 bridgehead atoms. The molecule has 0 radical (unpaired) electrons. The van der Waals surface area contributed by atoms with Crippen molar-refractivity contribution in [3.63, 3.8) is 0 Å². The van der Waals surface area contributed by atoms with E-state index in [0.717, 1.165) is 0 Å². The van der Waals surface area contributed by atoms with Crippen molar-refractivity contribution >= 4 is 33.3 Å². The fraction of sp³-hybridized carbons (Fsp3) is 0.231. The van der Waals surface area contributed by atoms with Crippen LogP contribution < -0.4 is 5.73 Å². The number of alkyl halides is 3. The average Bonchev–Trinajstić information content (AvgIpc) is 2.40. The highest BCUT2D eigenvalue weighted by Gasteiger charge is 2.41. The second-order valence-electron chi connectivity index (χ2n) is 3.71. The van der Waals surface area contributed by atoms with Gasteiger partial charge in [-0.2, -0.15) is 13.2 Å². The first-order chi connectivity index (χ1) is 9.81.